The summed E-state index contributed by atoms with van der Waals surface area (Å²) in [6, 6.07) is 13.1. The van der Waals surface area contributed by atoms with E-state index in [1.54, 1.807) is 17.2 Å². The SMILES string of the molecule is CC(=O)SC1CC(=O)N(Cc2ccc(Oc3ccccn3)cc2)C1. The van der Waals surface area contributed by atoms with Gasteiger partial charge in [0.1, 0.15) is 5.75 Å². The number of carbonyl (C=O) groups is 2. The summed E-state index contributed by atoms with van der Waals surface area (Å²) in [5.41, 5.74) is 1.03. The fourth-order valence-corrected chi connectivity index (χ4v) is 3.56. The lowest BCUT2D eigenvalue weighted by molar-refractivity contribution is -0.128. The number of likely N-dealkylation sites (tertiary alicyclic amines) is 1. The summed E-state index contributed by atoms with van der Waals surface area (Å²) in [6.45, 7) is 2.71. The molecule has 124 valence electrons. The third-order valence-electron chi connectivity index (χ3n) is 3.67. The van der Waals surface area contributed by atoms with Gasteiger partial charge in [0.05, 0.1) is 0 Å². The number of aromatic nitrogens is 1. The van der Waals surface area contributed by atoms with Crippen LogP contribution < -0.4 is 4.74 Å². The molecule has 1 aromatic carbocycles. The van der Waals surface area contributed by atoms with Crippen molar-refractivity contribution in [1.82, 2.24) is 9.88 Å². The van der Waals surface area contributed by atoms with E-state index < -0.39 is 0 Å². The van der Waals surface area contributed by atoms with E-state index in [0.717, 1.165) is 5.56 Å². The highest BCUT2D eigenvalue weighted by molar-refractivity contribution is 8.14. The molecule has 1 amide bonds. The van der Waals surface area contributed by atoms with Crippen LogP contribution in [0.2, 0.25) is 0 Å². The van der Waals surface area contributed by atoms with E-state index in [0.29, 0.717) is 31.1 Å². The molecule has 24 heavy (non-hydrogen) atoms. The molecule has 1 aliphatic heterocycles. The number of benzene rings is 1. The Labute approximate surface area is 145 Å². The van der Waals surface area contributed by atoms with Gasteiger partial charge >= 0.3 is 0 Å². The van der Waals surface area contributed by atoms with Crippen LogP contribution in [0.5, 0.6) is 11.6 Å². The van der Waals surface area contributed by atoms with Crippen molar-refractivity contribution in [3.05, 3.63) is 54.2 Å². The Morgan fingerprint density at radius 2 is 2.08 bits per heavy atom. The molecular weight excluding hydrogens is 324 g/mol. The standard InChI is InChI=1S/C18H18N2O3S/c1-13(21)24-16-10-18(22)20(12-16)11-14-5-7-15(8-6-14)23-17-4-2-3-9-19-17/h2-9,16H,10-12H2,1H3. The molecule has 1 atom stereocenters. The summed E-state index contributed by atoms with van der Waals surface area (Å²) >= 11 is 1.26. The second kappa shape index (κ2) is 7.49. The maximum Gasteiger partial charge on any atom is 0.224 e. The highest BCUT2D eigenvalue weighted by Crippen LogP contribution is 2.26. The van der Waals surface area contributed by atoms with Crippen molar-refractivity contribution >= 4 is 22.8 Å². The Hall–Kier alpha value is -2.34. The van der Waals surface area contributed by atoms with Crippen molar-refractivity contribution in [2.24, 2.45) is 0 Å². The second-order valence-corrected chi connectivity index (χ2v) is 7.10. The average Bonchev–Trinajstić information content (AvgIpc) is 2.89. The van der Waals surface area contributed by atoms with Crippen molar-refractivity contribution < 1.29 is 14.3 Å². The minimum atomic E-state index is 0.0608. The molecule has 1 saturated heterocycles. The van der Waals surface area contributed by atoms with E-state index in [1.165, 1.54) is 18.7 Å². The third kappa shape index (κ3) is 4.35. The van der Waals surface area contributed by atoms with Crippen molar-refractivity contribution in [3.8, 4) is 11.6 Å². The topological polar surface area (TPSA) is 59.5 Å². The number of carbonyl (C=O) groups excluding carboxylic acids is 2. The first kappa shape index (κ1) is 16.5. The van der Waals surface area contributed by atoms with Crippen LogP contribution in [0.4, 0.5) is 0 Å². The minimum absolute atomic E-state index is 0.0608. The first-order chi connectivity index (χ1) is 11.6. The molecule has 6 heteroatoms. The van der Waals surface area contributed by atoms with E-state index in [9.17, 15) is 9.59 Å². The molecule has 0 aliphatic carbocycles. The van der Waals surface area contributed by atoms with Gasteiger partial charge in [-0.1, -0.05) is 30.0 Å². The molecule has 0 radical (unpaired) electrons. The van der Waals surface area contributed by atoms with Crippen molar-refractivity contribution in [3.63, 3.8) is 0 Å². The van der Waals surface area contributed by atoms with Crippen LogP contribution in [0, 0.1) is 0 Å². The summed E-state index contributed by atoms with van der Waals surface area (Å²) < 4.78 is 5.65. The molecule has 5 nitrogen and oxygen atoms in total. The summed E-state index contributed by atoms with van der Waals surface area (Å²) in [5, 5.41) is 0.132. The minimum Gasteiger partial charge on any atom is -0.439 e. The van der Waals surface area contributed by atoms with Gasteiger partial charge in [-0.05, 0) is 23.8 Å². The van der Waals surface area contributed by atoms with Crippen molar-refractivity contribution in [1.29, 1.82) is 0 Å². The zero-order chi connectivity index (χ0) is 16.9. The maximum absolute atomic E-state index is 12.0. The number of nitrogens with zero attached hydrogens (tertiary/aromatic N) is 2. The smallest absolute Gasteiger partial charge is 0.224 e. The predicted octanol–water partition coefficient (Wildman–Crippen LogP) is 3.25. The lowest BCUT2D eigenvalue weighted by Crippen LogP contribution is -2.24. The molecule has 2 aromatic rings. The molecule has 1 unspecified atom stereocenters. The Morgan fingerprint density at radius 1 is 1.29 bits per heavy atom. The van der Waals surface area contributed by atoms with E-state index in [4.69, 9.17) is 4.74 Å². The molecule has 0 spiro atoms. The summed E-state index contributed by atoms with van der Waals surface area (Å²) in [5.74, 6) is 1.35. The maximum atomic E-state index is 12.0. The van der Waals surface area contributed by atoms with Crippen LogP contribution in [-0.2, 0) is 16.1 Å². The fourth-order valence-electron chi connectivity index (χ4n) is 2.61. The predicted molar refractivity (Wildman–Crippen MR) is 92.8 cm³/mol. The van der Waals surface area contributed by atoms with Gasteiger partial charge in [-0.15, -0.1) is 0 Å². The number of thioether (sulfide) groups is 1. The number of hydrogen-bond donors (Lipinski definition) is 0. The summed E-state index contributed by atoms with van der Waals surface area (Å²) in [6.07, 6.45) is 2.11. The molecule has 1 fully saturated rings. The quantitative estimate of drug-likeness (QED) is 0.835. The normalized spacial score (nSPS) is 17.1. The van der Waals surface area contributed by atoms with Gasteiger partial charge in [-0.2, -0.15) is 0 Å². The van der Waals surface area contributed by atoms with Crippen molar-refractivity contribution in [2.75, 3.05) is 6.54 Å². The van der Waals surface area contributed by atoms with Gasteiger partial charge in [-0.3, -0.25) is 9.59 Å². The monoisotopic (exact) mass is 342 g/mol. The van der Waals surface area contributed by atoms with Gasteiger partial charge in [0.25, 0.3) is 0 Å². The third-order valence-corrected chi connectivity index (χ3v) is 4.65. The van der Waals surface area contributed by atoms with Gasteiger partial charge in [0.15, 0.2) is 5.12 Å². The summed E-state index contributed by atoms with van der Waals surface area (Å²) in [7, 11) is 0. The molecule has 3 rings (SSSR count). The zero-order valence-corrected chi connectivity index (χ0v) is 14.2. The van der Waals surface area contributed by atoms with E-state index in [1.807, 2.05) is 36.4 Å². The Kier molecular flexibility index (Phi) is 5.15. The molecule has 1 aromatic heterocycles. The van der Waals surface area contributed by atoms with Gasteiger partial charge < -0.3 is 9.64 Å². The first-order valence-corrected chi connectivity index (χ1v) is 8.61. The molecule has 1 aliphatic rings. The average molecular weight is 342 g/mol. The number of ether oxygens (including phenoxy) is 1. The highest BCUT2D eigenvalue weighted by Gasteiger charge is 2.30. The van der Waals surface area contributed by atoms with Crippen LogP contribution in [0.1, 0.15) is 18.9 Å². The summed E-state index contributed by atoms with van der Waals surface area (Å²) in [4.78, 5) is 29.1. The highest BCUT2D eigenvalue weighted by atomic mass is 32.2. The van der Waals surface area contributed by atoms with E-state index in [2.05, 4.69) is 4.98 Å². The Morgan fingerprint density at radius 3 is 2.75 bits per heavy atom. The zero-order valence-electron chi connectivity index (χ0n) is 13.3. The van der Waals surface area contributed by atoms with Gasteiger partial charge in [-0.25, -0.2) is 4.98 Å². The number of amides is 1. The number of hydrogen-bond acceptors (Lipinski definition) is 5. The molecule has 0 bridgehead atoms. The Bertz CT molecular complexity index is 719. The largest absolute Gasteiger partial charge is 0.439 e. The second-order valence-electron chi connectivity index (χ2n) is 5.62. The molecule has 2 heterocycles. The fraction of sp³-hybridized carbons (Fsp3) is 0.278. The lowest BCUT2D eigenvalue weighted by Gasteiger charge is -2.16. The van der Waals surface area contributed by atoms with Crippen LogP contribution in [0.25, 0.3) is 0 Å². The van der Waals surface area contributed by atoms with Gasteiger partial charge in [0.2, 0.25) is 11.8 Å². The van der Waals surface area contributed by atoms with Crippen LogP contribution >= 0.6 is 11.8 Å². The Balaban J connectivity index is 1.58. The van der Waals surface area contributed by atoms with Crippen LogP contribution in [-0.4, -0.2) is 32.7 Å². The van der Waals surface area contributed by atoms with Crippen LogP contribution in [0.3, 0.4) is 0 Å². The number of rotatable bonds is 5. The van der Waals surface area contributed by atoms with E-state index >= 15 is 0 Å². The van der Waals surface area contributed by atoms with E-state index in [-0.39, 0.29) is 16.3 Å². The lowest BCUT2D eigenvalue weighted by atomic mass is 10.2. The number of pyridine rings is 1. The van der Waals surface area contributed by atoms with Crippen LogP contribution in [0.15, 0.2) is 48.7 Å². The van der Waals surface area contributed by atoms with Gasteiger partial charge in [0, 0.05) is 43.9 Å². The molecule has 0 saturated carbocycles. The van der Waals surface area contributed by atoms with Crippen molar-refractivity contribution in [2.45, 2.75) is 25.1 Å². The molecular formula is C18H18N2O3S. The first-order valence-electron chi connectivity index (χ1n) is 7.73. The molecule has 0 N–H and O–H groups in total.